The van der Waals surface area contributed by atoms with Crippen LogP contribution in [0.25, 0.3) is 11.0 Å². The van der Waals surface area contributed by atoms with Gasteiger partial charge in [0.05, 0.1) is 23.3 Å². The van der Waals surface area contributed by atoms with Crippen LogP contribution in [0.5, 0.6) is 0 Å². The third kappa shape index (κ3) is 5.41. The maximum Gasteiger partial charge on any atom is 0.191 e. The van der Waals surface area contributed by atoms with Crippen LogP contribution in [-0.4, -0.2) is 34.1 Å². The summed E-state index contributed by atoms with van der Waals surface area (Å²) in [6.45, 7) is 8.66. The van der Waals surface area contributed by atoms with Gasteiger partial charge in [-0.2, -0.15) is 0 Å². The first-order chi connectivity index (χ1) is 12.6. The van der Waals surface area contributed by atoms with E-state index in [0.717, 1.165) is 41.1 Å². The third-order valence-corrected chi connectivity index (χ3v) is 5.13. The van der Waals surface area contributed by atoms with Crippen LogP contribution in [0.1, 0.15) is 36.3 Å². The van der Waals surface area contributed by atoms with Gasteiger partial charge >= 0.3 is 0 Å². The summed E-state index contributed by atoms with van der Waals surface area (Å²) in [5.41, 5.74) is 3.35. The summed E-state index contributed by atoms with van der Waals surface area (Å²) in [5, 5.41) is 9.91. The number of aliphatic imine (C=N–C) groups is 1. The molecule has 0 aliphatic heterocycles. The molecule has 0 saturated carbocycles. The van der Waals surface area contributed by atoms with Gasteiger partial charge < -0.3 is 15.2 Å². The number of rotatable bonds is 6. The van der Waals surface area contributed by atoms with Crippen molar-refractivity contribution < 1.29 is 0 Å². The zero-order valence-electron chi connectivity index (χ0n) is 16.2. The highest BCUT2D eigenvalue weighted by atomic mass is 127. The van der Waals surface area contributed by atoms with Crippen molar-refractivity contribution in [3.05, 3.63) is 46.2 Å². The van der Waals surface area contributed by atoms with E-state index >= 15 is 0 Å². The molecule has 27 heavy (non-hydrogen) atoms. The summed E-state index contributed by atoms with van der Waals surface area (Å²) in [4.78, 5) is 13.5. The largest absolute Gasteiger partial charge is 0.355 e. The number of halogens is 1. The smallest absolute Gasteiger partial charge is 0.191 e. The fraction of sp³-hybridized carbons (Fsp3) is 0.421. The lowest BCUT2D eigenvalue weighted by Crippen LogP contribution is -2.38. The summed E-state index contributed by atoms with van der Waals surface area (Å²) < 4.78 is 2.23. The predicted molar refractivity (Wildman–Crippen MR) is 124 cm³/mol. The average Bonchev–Trinajstić information content (AvgIpc) is 3.22. The van der Waals surface area contributed by atoms with Crippen LogP contribution in [0.4, 0.5) is 0 Å². The average molecular weight is 498 g/mol. The Kier molecular flexibility index (Phi) is 8.03. The van der Waals surface area contributed by atoms with Gasteiger partial charge in [0.15, 0.2) is 5.96 Å². The van der Waals surface area contributed by atoms with Crippen LogP contribution in [0.3, 0.4) is 0 Å². The molecule has 3 rings (SSSR count). The van der Waals surface area contributed by atoms with Crippen LogP contribution < -0.4 is 10.6 Å². The van der Waals surface area contributed by atoms with Gasteiger partial charge in [-0.25, -0.2) is 9.97 Å². The van der Waals surface area contributed by atoms with E-state index in [1.54, 1.807) is 18.4 Å². The van der Waals surface area contributed by atoms with E-state index in [0.29, 0.717) is 12.5 Å². The lowest BCUT2D eigenvalue weighted by Gasteiger charge is -2.12. The minimum absolute atomic E-state index is 0. The van der Waals surface area contributed by atoms with Crippen molar-refractivity contribution in [3.63, 3.8) is 0 Å². The molecular formula is C19H27IN6S. The van der Waals surface area contributed by atoms with E-state index in [1.807, 2.05) is 25.1 Å². The molecule has 0 aliphatic rings. The van der Waals surface area contributed by atoms with Gasteiger partial charge in [-0.15, -0.1) is 35.3 Å². The number of nitrogens with one attached hydrogen (secondary N) is 2. The van der Waals surface area contributed by atoms with Crippen LogP contribution in [0, 0.1) is 6.92 Å². The molecule has 146 valence electrons. The number of fused-ring (bicyclic) bond motifs is 1. The van der Waals surface area contributed by atoms with Crippen molar-refractivity contribution in [1.29, 1.82) is 0 Å². The first kappa shape index (κ1) is 21.6. The summed E-state index contributed by atoms with van der Waals surface area (Å²) in [5.74, 6) is 2.28. The Bertz CT molecular complexity index is 899. The maximum atomic E-state index is 4.64. The van der Waals surface area contributed by atoms with E-state index in [9.17, 15) is 0 Å². The second-order valence-corrected chi connectivity index (χ2v) is 7.42. The van der Waals surface area contributed by atoms with E-state index in [2.05, 4.69) is 55.5 Å². The summed E-state index contributed by atoms with van der Waals surface area (Å²) in [7, 11) is 1.79. The number of aryl methyl sites for hydroxylation is 1. The number of thiazole rings is 1. The minimum Gasteiger partial charge on any atom is -0.355 e. The molecule has 6 nitrogen and oxygen atoms in total. The zero-order chi connectivity index (χ0) is 18.5. The van der Waals surface area contributed by atoms with Gasteiger partial charge in [0.25, 0.3) is 0 Å². The molecule has 2 N–H and O–H groups in total. The standard InChI is InChI=1S/C19H26N6S.HI/c1-13(2)16-12-26-18(24-16)11-22-19(20-4)21-9-10-25-14(3)23-15-7-5-6-8-17(15)25;/h5-8,12-13H,9-11H2,1-4H3,(H2,20,21,22);1H. The van der Waals surface area contributed by atoms with Crippen molar-refractivity contribution in [1.82, 2.24) is 25.2 Å². The second-order valence-electron chi connectivity index (χ2n) is 6.47. The van der Waals surface area contributed by atoms with Crippen LogP contribution >= 0.6 is 35.3 Å². The molecule has 0 spiro atoms. The molecule has 0 bridgehead atoms. The number of hydrogen-bond donors (Lipinski definition) is 2. The molecule has 0 unspecified atom stereocenters. The van der Waals surface area contributed by atoms with Crippen molar-refractivity contribution in [2.24, 2.45) is 4.99 Å². The van der Waals surface area contributed by atoms with Crippen LogP contribution in [0.2, 0.25) is 0 Å². The first-order valence-electron chi connectivity index (χ1n) is 8.89. The third-order valence-electron chi connectivity index (χ3n) is 4.26. The Morgan fingerprint density at radius 3 is 2.70 bits per heavy atom. The molecule has 0 atom stereocenters. The monoisotopic (exact) mass is 498 g/mol. The number of nitrogens with zero attached hydrogens (tertiary/aromatic N) is 4. The van der Waals surface area contributed by atoms with Crippen LogP contribution in [-0.2, 0) is 13.1 Å². The predicted octanol–water partition coefficient (Wildman–Crippen LogP) is 3.91. The normalized spacial score (nSPS) is 11.7. The molecule has 1 aromatic carbocycles. The first-order valence-corrected chi connectivity index (χ1v) is 9.77. The second kappa shape index (κ2) is 10.0. The Morgan fingerprint density at radius 1 is 1.22 bits per heavy atom. The lowest BCUT2D eigenvalue weighted by atomic mass is 10.2. The van der Waals surface area contributed by atoms with Crippen molar-refractivity contribution in [2.75, 3.05) is 13.6 Å². The van der Waals surface area contributed by atoms with E-state index in [-0.39, 0.29) is 24.0 Å². The van der Waals surface area contributed by atoms with Gasteiger partial charge in [0.1, 0.15) is 10.8 Å². The van der Waals surface area contributed by atoms with Gasteiger partial charge in [0.2, 0.25) is 0 Å². The van der Waals surface area contributed by atoms with Gasteiger partial charge in [-0.3, -0.25) is 4.99 Å². The Balaban J connectivity index is 0.00000261. The molecule has 3 aromatic rings. The Labute approximate surface area is 181 Å². The molecule has 8 heteroatoms. The maximum absolute atomic E-state index is 4.64. The Morgan fingerprint density at radius 2 is 2.00 bits per heavy atom. The zero-order valence-corrected chi connectivity index (χ0v) is 19.3. The number of benzene rings is 1. The Hall–Kier alpha value is -1.68. The fourth-order valence-electron chi connectivity index (χ4n) is 2.82. The highest BCUT2D eigenvalue weighted by Gasteiger charge is 2.08. The molecular weight excluding hydrogens is 471 g/mol. The fourth-order valence-corrected chi connectivity index (χ4v) is 3.71. The number of guanidine groups is 1. The molecule has 0 saturated heterocycles. The topological polar surface area (TPSA) is 67.1 Å². The van der Waals surface area contributed by atoms with E-state index in [1.165, 1.54) is 5.52 Å². The van der Waals surface area contributed by atoms with Gasteiger partial charge in [-0.05, 0) is 25.0 Å². The molecule has 0 fully saturated rings. The lowest BCUT2D eigenvalue weighted by molar-refractivity contribution is 0.659. The quantitative estimate of drug-likeness (QED) is 0.307. The molecule has 0 radical (unpaired) electrons. The molecule has 2 aromatic heterocycles. The number of aromatic nitrogens is 3. The highest BCUT2D eigenvalue weighted by molar-refractivity contribution is 14.0. The van der Waals surface area contributed by atoms with Gasteiger partial charge in [0, 0.05) is 25.5 Å². The number of imidazole rings is 1. The molecule has 0 amide bonds. The van der Waals surface area contributed by atoms with Crippen LogP contribution in [0.15, 0.2) is 34.6 Å². The van der Waals surface area contributed by atoms with E-state index in [4.69, 9.17) is 0 Å². The number of para-hydroxylation sites is 2. The summed E-state index contributed by atoms with van der Waals surface area (Å²) >= 11 is 1.69. The van der Waals surface area contributed by atoms with Crippen molar-refractivity contribution in [3.8, 4) is 0 Å². The van der Waals surface area contributed by atoms with E-state index < -0.39 is 0 Å². The SMILES string of the molecule is CN=C(NCCn1c(C)nc2ccccc21)NCc1nc(C(C)C)cs1.I. The summed E-state index contributed by atoms with van der Waals surface area (Å²) in [6, 6.07) is 8.23. The number of hydrogen-bond acceptors (Lipinski definition) is 4. The van der Waals surface area contributed by atoms with Gasteiger partial charge in [-0.1, -0.05) is 26.0 Å². The minimum atomic E-state index is 0. The summed E-state index contributed by atoms with van der Waals surface area (Å²) in [6.07, 6.45) is 0. The molecule has 2 heterocycles. The van der Waals surface area contributed by atoms with Crippen molar-refractivity contribution >= 4 is 52.3 Å². The van der Waals surface area contributed by atoms with Crippen molar-refractivity contribution in [2.45, 2.75) is 39.8 Å². The molecule has 0 aliphatic carbocycles. The highest BCUT2D eigenvalue weighted by Crippen LogP contribution is 2.17.